The van der Waals surface area contributed by atoms with Crippen molar-refractivity contribution < 1.29 is 4.57 Å². The molecular formula is C39H51N2S2+. The molecular weight excluding hydrogens is 561 g/mol. The van der Waals surface area contributed by atoms with Gasteiger partial charge in [-0.05, 0) is 97.6 Å². The van der Waals surface area contributed by atoms with E-state index in [1.54, 1.807) is 0 Å². The summed E-state index contributed by atoms with van der Waals surface area (Å²) in [6.45, 7) is 16.4. The summed E-state index contributed by atoms with van der Waals surface area (Å²) in [5.74, 6) is 0. The Morgan fingerprint density at radius 2 is 1.60 bits per heavy atom. The molecule has 2 atom stereocenters. The fraction of sp³-hybridized carbons (Fsp3) is 0.513. The smallest absolute Gasteiger partial charge is 0.263 e. The molecule has 6 rings (SSSR count). The van der Waals surface area contributed by atoms with Crippen molar-refractivity contribution in [3.05, 3.63) is 93.1 Å². The maximum atomic E-state index is 2.71. The topological polar surface area (TPSA) is 7.12 Å². The number of nitrogens with zero attached hydrogens (tertiary/aromatic N) is 2. The zero-order chi connectivity index (χ0) is 30.2. The summed E-state index contributed by atoms with van der Waals surface area (Å²) in [5.41, 5.74) is 7.74. The number of rotatable bonds is 6. The van der Waals surface area contributed by atoms with Crippen molar-refractivity contribution in [3.8, 4) is 0 Å². The molecule has 4 heteroatoms. The van der Waals surface area contributed by atoms with Crippen molar-refractivity contribution in [1.82, 2.24) is 4.90 Å². The maximum absolute atomic E-state index is 2.71. The molecule has 1 aromatic carbocycles. The van der Waals surface area contributed by atoms with Crippen molar-refractivity contribution in [2.45, 2.75) is 111 Å². The van der Waals surface area contributed by atoms with Crippen LogP contribution in [0.2, 0.25) is 0 Å². The highest BCUT2D eigenvalue weighted by molar-refractivity contribution is 8.03. The summed E-state index contributed by atoms with van der Waals surface area (Å²) in [4.78, 5) is 2.71. The largest absolute Gasteiger partial charge is 0.363 e. The van der Waals surface area contributed by atoms with Crippen LogP contribution in [-0.4, -0.2) is 22.7 Å². The number of aryl methyl sites for hydroxylation is 1. The number of allylic oxidation sites excluding steroid dienone is 10. The number of thiazole rings is 1. The summed E-state index contributed by atoms with van der Waals surface area (Å²) in [6.07, 6.45) is 27.1. The molecule has 0 N–H and O–H groups in total. The molecule has 0 amide bonds. The molecule has 1 saturated carbocycles. The Kier molecular flexibility index (Phi) is 9.00. The van der Waals surface area contributed by atoms with E-state index >= 15 is 0 Å². The minimum absolute atomic E-state index is 0.258. The van der Waals surface area contributed by atoms with Crippen LogP contribution in [0.25, 0.3) is 16.3 Å². The average Bonchev–Trinajstić information content (AvgIpc) is 3.47. The third kappa shape index (κ3) is 7.01. The summed E-state index contributed by atoms with van der Waals surface area (Å²) in [5, 5.41) is 3.68. The highest BCUT2D eigenvalue weighted by Crippen LogP contribution is 2.47. The van der Waals surface area contributed by atoms with Gasteiger partial charge in [-0.25, -0.2) is 0 Å². The highest BCUT2D eigenvalue weighted by atomic mass is 32.2. The molecule has 0 bridgehead atoms. The van der Waals surface area contributed by atoms with Crippen LogP contribution in [0.1, 0.15) is 97.9 Å². The van der Waals surface area contributed by atoms with E-state index in [0.717, 1.165) is 50.1 Å². The molecule has 228 valence electrons. The van der Waals surface area contributed by atoms with E-state index in [4.69, 9.17) is 0 Å². The van der Waals surface area contributed by atoms with Gasteiger partial charge >= 0.3 is 0 Å². The second-order valence-electron chi connectivity index (χ2n) is 14.7. The average molecular weight is 612 g/mol. The fourth-order valence-corrected chi connectivity index (χ4v) is 10.8. The fourth-order valence-electron chi connectivity index (χ4n) is 7.98. The van der Waals surface area contributed by atoms with Gasteiger partial charge in [0.15, 0.2) is 0 Å². The number of thioether (sulfide) groups is 1. The molecule has 2 nitrogen and oxygen atoms in total. The van der Waals surface area contributed by atoms with Gasteiger partial charge in [0.2, 0.25) is 5.52 Å². The molecule has 1 aromatic heterocycles. The number of para-hydroxylation sites is 1. The van der Waals surface area contributed by atoms with Crippen LogP contribution in [0.15, 0.2) is 88.0 Å². The zero-order valence-electron chi connectivity index (χ0n) is 27.3. The molecule has 1 saturated heterocycles. The van der Waals surface area contributed by atoms with Gasteiger partial charge in [0.05, 0.1) is 5.03 Å². The molecule has 1 aliphatic heterocycles. The summed E-state index contributed by atoms with van der Waals surface area (Å²) < 4.78 is 3.83. The van der Waals surface area contributed by atoms with Crippen molar-refractivity contribution in [2.75, 3.05) is 6.54 Å². The third-order valence-electron chi connectivity index (χ3n) is 9.63. The van der Waals surface area contributed by atoms with Gasteiger partial charge < -0.3 is 4.90 Å². The zero-order valence-corrected chi connectivity index (χ0v) is 28.9. The van der Waals surface area contributed by atoms with Crippen molar-refractivity contribution >= 4 is 39.4 Å². The number of benzene rings is 1. The van der Waals surface area contributed by atoms with Crippen LogP contribution in [0.5, 0.6) is 0 Å². The molecule has 0 spiro atoms. The Morgan fingerprint density at radius 1 is 0.884 bits per heavy atom. The summed E-state index contributed by atoms with van der Waals surface area (Å²) in [6, 6.07) is 9.56. The second-order valence-corrected chi connectivity index (χ2v) is 17.0. The summed E-state index contributed by atoms with van der Waals surface area (Å²) in [7, 11) is 0. The SMILES string of the molecule is CCN1C(=CC2=CC(=CC=CC3=CC(=Cc4sc5ccccc5[n+]4CC)CC(C)(C)C3)CC(C)(C)C2)SC2CCCCC21. The lowest BCUT2D eigenvalue weighted by Gasteiger charge is -2.32. The molecule has 2 unspecified atom stereocenters. The van der Waals surface area contributed by atoms with Crippen LogP contribution >= 0.6 is 23.1 Å². The minimum Gasteiger partial charge on any atom is -0.363 e. The van der Waals surface area contributed by atoms with E-state index in [1.807, 2.05) is 11.3 Å². The van der Waals surface area contributed by atoms with Crippen molar-refractivity contribution in [1.29, 1.82) is 0 Å². The monoisotopic (exact) mass is 611 g/mol. The van der Waals surface area contributed by atoms with Crippen molar-refractivity contribution in [3.63, 3.8) is 0 Å². The number of hydrogen-bond donors (Lipinski definition) is 0. The lowest BCUT2D eigenvalue weighted by atomic mass is 9.74. The summed E-state index contributed by atoms with van der Waals surface area (Å²) >= 11 is 4.07. The molecule has 3 aliphatic carbocycles. The Balaban J connectivity index is 1.25. The Hall–Kier alpha value is -2.30. The van der Waals surface area contributed by atoms with Crippen LogP contribution in [0.4, 0.5) is 0 Å². The van der Waals surface area contributed by atoms with E-state index in [0.29, 0.717) is 0 Å². The molecule has 43 heavy (non-hydrogen) atoms. The molecule has 2 fully saturated rings. The number of hydrogen-bond acceptors (Lipinski definition) is 3. The third-order valence-corrected chi connectivity index (χ3v) is 12.2. The van der Waals surface area contributed by atoms with E-state index in [1.165, 1.54) is 68.2 Å². The second kappa shape index (κ2) is 12.6. The van der Waals surface area contributed by atoms with Gasteiger partial charge in [-0.2, -0.15) is 4.57 Å². The first-order valence-corrected chi connectivity index (χ1v) is 18.4. The Morgan fingerprint density at radius 3 is 2.40 bits per heavy atom. The quantitative estimate of drug-likeness (QED) is 0.300. The van der Waals surface area contributed by atoms with Gasteiger partial charge in [0.25, 0.3) is 5.01 Å². The Labute approximate surface area is 269 Å². The van der Waals surface area contributed by atoms with Crippen LogP contribution in [0, 0.1) is 10.8 Å². The lowest BCUT2D eigenvalue weighted by molar-refractivity contribution is -0.665. The normalized spacial score (nSPS) is 28.2. The maximum Gasteiger partial charge on any atom is 0.263 e. The molecule has 4 aliphatic rings. The van der Waals surface area contributed by atoms with Crippen molar-refractivity contribution in [2.24, 2.45) is 10.8 Å². The standard InChI is InChI=1S/C39H51N2S2/c1-7-40-32-16-9-11-18-34(32)42-36(40)22-30-20-28(24-38(3,4)26-30)14-13-15-29-21-31(27-39(5,6)25-29)23-37-41(8-2)33-17-10-12-19-35(33)43-37/h9,11,13-16,18,20-23,33,35H,7-8,10,12,17,19,24-27H2,1-6H3/q+1. The van der Waals surface area contributed by atoms with E-state index in [-0.39, 0.29) is 10.8 Å². The number of aromatic nitrogens is 1. The van der Waals surface area contributed by atoms with E-state index in [9.17, 15) is 0 Å². The molecule has 0 radical (unpaired) electrons. The van der Waals surface area contributed by atoms with Crippen LogP contribution < -0.4 is 4.57 Å². The van der Waals surface area contributed by atoms with E-state index < -0.39 is 0 Å². The first-order valence-electron chi connectivity index (χ1n) is 16.7. The first-order chi connectivity index (χ1) is 20.6. The first kappa shape index (κ1) is 30.7. The lowest BCUT2D eigenvalue weighted by Crippen LogP contribution is -2.36. The van der Waals surface area contributed by atoms with Gasteiger partial charge in [0.1, 0.15) is 11.2 Å². The number of fused-ring (bicyclic) bond motifs is 2. The van der Waals surface area contributed by atoms with Gasteiger partial charge in [-0.3, -0.25) is 0 Å². The predicted octanol–water partition coefficient (Wildman–Crippen LogP) is 10.8. The predicted molar refractivity (Wildman–Crippen MR) is 189 cm³/mol. The molecule has 2 aromatic rings. The van der Waals surface area contributed by atoms with E-state index in [2.05, 4.69) is 130 Å². The molecule has 2 heterocycles. The van der Waals surface area contributed by atoms with Gasteiger partial charge in [-0.1, -0.05) is 94.4 Å². The Bertz CT molecular complexity index is 1540. The van der Waals surface area contributed by atoms with Crippen LogP contribution in [-0.2, 0) is 6.54 Å². The highest BCUT2D eigenvalue weighted by Gasteiger charge is 2.38. The van der Waals surface area contributed by atoms with Crippen LogP contribution in [0.3, 0.4) is 0 Å². The minimum atomic E-state index is 0.258. The van der Waals surface area contributed by atoms with Gasteiger partial charge in [-0.15, -0.1) is 11.8 Å². The van der Waals surface area contributed by atoms with Gasteiger partial charge in [0, 0.05) is 30.0 Å².